The minimum atomic E-state index is -0.0319. The fraction of sp³-hybridized carbons (Fsp3) is 0.733. The summed E-state index contributed by atoms with van der Waals surface area (Å²) in [5.41, 5.74) is -0.0319. The fourth-order valence-electron chi connectivity index (χ4n) is 2.24. The van der Waals surface area contributed by atoms with Crippen molar-refractivity contribution in [2.45, 2.75) is 32.6 Å². The van der Waals surface area contributed by atoms with Crippen molar-refractivity contribution in [1.29, 1.82) is 0 Å². The Hall–Kier alpha value is -1.36. The number of hydrogen-bond acceptors (Lipinski definition) is 4. The van der Waals surface area contributed by atoms with Gasteiger partial charge in [-0.1, -0.05) is 13.8 Å². The van der Waals surface area contributed by atoms with Crippen LogP contribution in [-0.4, -0.2) is 48.6 Å². The van der Waals surface area contributed by atoms with Gasteiger partial charge < -0.3 is 14.8 Å². The van der Waals surface area contributed by atoms with Crippen LogP contribution in [0.15, 0.2) is 10.9 Å². The van der Waals surface area contributed by atoms with Crippen molar-refractivity contribution < 1.29 is 0 Å². The Kier molecular flexibility index (Phi) is 4.81. The van der Waals surface area contributed by atoms with Gasteiger partial charge in [0.1, 0.15) is 11.6 Å². The van der Waals surface area contributed by atoms with Crippen LogP contribution in [0.2, 0.25) is 0 Å². The van der Waals surface area contributed by atoms with E-state index in [-0.39, 0.29) is 5.56 Å². The van der Waals surface area contributed by atoms with Gasteiger partial charge in [-0.3, -0.25) is 4.79 Å². The molecule has 1 aromatic heterocycles. The Morgan fingerprint density at radius 3 is 2.60 bits per heavy atom. The molecule has 112 valence electrons. The predicted octanol–water partition coefficient (Wildman–Crippen LogP) is 1.67. The van der Waals surface area contributed by atoms with E-state index < -0.39 is 0 Å². The summed E-state index contributed by atoms with van der Waals surface area (Å²) in [5.74, 6) is 2.71. The van der Waals surface area contributed by atoms with Gasteiger partial charge in [-0.05, 0) is 32.9 Å². The van der Waals surface area contributed by atoms with E-state index in [1.165, 1.54) is 0 Å². The number of hydrogen-bond donors (Lipinski definition) is 1. The van der Waals surface area contributed by atoms with Crippen LogP contribution in [0.4, 0.5) is 5.82 Å². The van der Waals surface area contributed by atoms with Crippen LogP contribution < -0.4 is 10.5 Å². The summed E-state index contributed by atoms with van der Waals surface area (Å²) in [6.45, 7) is 7.16. The largest absolute Gasteiger partial charge is 0.355 e. The number of rotatable bonds is 7. The van der Waals surface area contributed by atoms with Crippen LogP contribution in [0.25, 0.3) is 0 Å². The molecule has 0 bridgehead atoms. The van der Waals surface area contributed by atoms with Gasteiger partial charge in [0.2, 0.25) is 0 Å². The van der Waals surface area contributed by atoms with Gasteiger partial charge in [-0.15, -0.1) is 0 Å². The third-order valence-electron chi connectivity index (χ3n) is 3.44. The predicted molar refractivity (Wildman–Crippen MR) is 82.4 cm³/mol. The maximum absolute atomic E-state index is 11.8. The number of likely N-dealkylation sites (N-methyl/N-ethyl adjacent to an activating group) is 1. The van der Waals surface area contributed by atoms with E-state index in [1.54, 1.807) is 6.07 Å². The highest BCUT2D eigenvalue weighted by molar-refractivity contribution is 5.38. The average molecular weight is 278 g/mol. The fourth-order valence-corrected chi connectivity index (χ4v) is 2.24. The Morgan fingerprint density at radius 2 is 2.05 bits per heavy atom. The van der Waals surface area contributed by atoms with Crippen LogP contribution in [0.1, 0.15) is 38.4 Å². The summed E-state index contributed by atoms with van der Waals surface area (Å²) >= 11 is 0. The molecule has 1 aliphatic carbocycles. The van der Waals surface area contributed by atoms with E-state index in [2.05, 4.69) is 47.7 Å². The lowest BCUT2D eigenvalue weighted by molar-refractivity contribution is 0.408. The highest BCUT2D eigenvalue weighted by Gasteiger charge is 2.27. The van der Waals surface area contributed by atoms with Gasteiger partial charge in [-0.25, -0.2) is 4.98 Å². The molecule has 1 N–H and O–H groups in total. The number of aromatic amines is 1. The van der Waals surface area contributed by atoms with Gasteiger partial charge in [0.15, 0.2) is 0 Å². The Morgan fingerprint density at radius 1 is 1.35 bits per heavy atom. The average Bonchev–Trinajstić information content (AvgIpc) is 3.17. The van der Waals surface area contributed by atoms with E-state index in [4.69, 9.17) is 0 Å². The molecular weight excluding hydrogens is 252 g/mol. The molecule has 0 aliphatic heterocycles. The van der Waals surface area contributed by atoms with Crippen LogP contribution in [-0.2, 0) is 0 Å². The van der Waals surface area contributed by atoms with Gasteiger partial charge in [-0.2, -0.15) is 0 Å². The molecular formula is C15H26N4O. The first-order valence-electron chi connectivity index (χ1n) is 7.46. The minimum Gasteiger partial charge on any atom is -0.355 e. The topological polar surface area (TPSA) is 52.2 Å². The number of nitrogens with one attached hydrogen (secondary N) is 1. The third-order valence-corrected chi connectivity index (χ3v) is 3.44. The van der Waals surface area contributed by atoms with E-state index in [9.17, 15) is 4.79 Å². The maximum Gasteiger partial charge on any atom is 0.252 e. The second-order valence-electron chi connectivity index (χ2n) is 6.41. The van der Waals surface area contributed by atoms with Crippen LogP contribution >= 0.6 is 0 Å². The number of nitrogens with zero attached hydrogens (tertiary/aromatic N) is 3. The van der Waals surface area contributed by atoms with Crippen LogP contribution in [0.5, 0.6) is 0 Å². The molecule has 0 saturated heterocycles. The quantitative estimate of drug-likeness (QED) is 0.824. The smallest absolute Gasteiger partial charge is 0.252 e. The second-order valence-corrected chi connectivity index (χ2v) is 6.41. The minimum absolute atomic E-state index is 0.0319. The summed E-state index contributed by atoms with van der Waals surface area (Å²) in [6, 6.07) is 1.63. The lowest BCUT2D eigenvalue weighted by atomic mass is 10.2. The van der Waals surface area contributed by atoms with E-state index in [0.717, 1.165) is 44.1 Å². The molecule has 0 aromatic carbocycles. The zero-order chi connectivity index (χ0) is 14.7. The first-order chi connectivity index (χ1) is 9.45. The lowest BCUT2D eigenvalue weighted by Gasteiger charge is -2.27. The monoisotopic (exact) mass is 278 g/mol. The normalized spacial score (nSPS) is 15.1. The molecule has 20 heavy (non-hydrogen) atoms. The molecule has 1 aromatic rings. The molecule has 2 rings (SSSR count). The molecule has 0 amide bonds. The summed E-state index contributed by atoms with van der Waals surface area (Å²) < 4.78 is 0. The van der Waals surface area contributed by atoms with Crippen molar-refractivity contribution in [1.82, 2.24) is 14.9 Å². The molecule has 0 unspecified atom stereocenters. The summed E-state index contributed by atoms with van der Waals surface area (Å²) in [5, 5.41) is 0. The number of aromatic nitrogens is 2. The number of anilines is 1. The first-order valence-corrected chi connectivity index (χ1v) is 7.46. The molecule has 5 nitrogen and oxygen atoms in total. The first kappa shape index (κ1) is 15.0. The second kappa shape index (κ2) is 6.39. The zero-order valence-electron chi connectivity index (χ0n) is 13.0. The summed E-state index contributed by atoms with van der Waals surface area (Å²) in [6.07, 6.45) is 2.29. The highest BCUT2D eigenvalue weighted by Crippen LogP contribution is 2.37. The lowest BCUT2D eigenvalue weighted by Crippen LogP contribution is -2.36. The molecule has 0 radical (unpaired) electrons. The van der Waals surface area contributed by atoms with Crippen LogP contribution in [0, 0.1) is 5.92 Å². The van der Waals surface area contributed by atoms with E-state index in [1.807, 2.05) is 0 Å². The Bertz CT molecular complexity index is 491. The summed E-state index contributed by atoms with van der Waals surface area (Å²) in [7, 11) is 4.13. The number of H-pyrrole nitrogens is 1. The molecule has 1 saturated carbocycles. The Balaban J connectivity index is 2.19. The van der Waals surface area contributed by atoms with Crippen molar-refractivity contribution in [2.24, 2.45) is 5.92 Å². The summed E-state index contributed by atoms with van der Waals surface area (Å²) in [4.78, 5) is 23.8. The molecule has 0 atom stereocenters. The zero-order valence-corrected chi connectivity index (χ0v) is 13.0. The van der Waals surface area contributed by atoms with Crippen molar-refractivity contribution in [2.75, 3.05) is 38.6 Å². The highest BCUT2D eigenvalue weighted by atomic mass is 16.1. The molecule has 1 fully saturated rings. The molecule has 0 spiro atoms. The van der Waals surface area contributed by atoms with Crippen molar-refractivity contribution >= 4 is 5.82 Å². The van der Waals surface area contributed by atoms with E-state index >= 15 is 0 Å². The van der Waals surface area contributed by atoms with Crippen molar-refractivity contribution in [3.63, 3.8) is 0 Å². The van der Waals surface area contributed by atoms with Crippen molar-refractivity contribution in [3.05, 3.63) is 22.2 Å². The van der Waals surface area contributed by atoms with Gasteiger partial charge in [0.05, 0.1) is 0 Å². The molecule has 5 heteroatoms. The van der Waals surface area contributed by atoms with Gasteiger partial charge >= 0.3 is 0 Å². The van der Waals surface area contributed by atoms with Gasteiger partial charge in [0, 0.05) is 31.6 Å². The van der Waals surface area contributed by atoms with Gasteiger partial charge in [0.25, 0.3) is 5.56 Å². The van der Waals surface area contributed by atoms with Crippen molar-refractivity contribution in [3.8, 4) is 0 Å². The SMILES string of the molecule is CC(C)CN(CCN(C)C)c1cc(=O)[nH]c(C2CC2)n1. The molecule has 1 aliphatic rings. The van der Waals surface area contributed by atoms with Crippen LogP contribution in [0.3, 0.4) is 0 Å². The van der Waals surface area contributed by atoms with E-state index in [0.29, 0.717) is 11.8 Å². The Labute approximate surface area is 121 Å². The maximum atomic E-state index is 11.8. The standard InChI is InChI=1S/C15H26N4O/c1-11(2)10-19(8-7-18(3)4)13-9-14(20)17-15(16-13)12-5-6-12/h9,11-12H,5-8,10H2,1-4H3,(H,16,17,20). The third kappa shape index (κ3) is 4.34. The molecule has 1 heterocycles.